The quantitative estimate of drug-likeness (QED) is 0.700. The van der Waals surface area contributed by atoms with E-state index in [1.807, 2.05) is 0 Å². The maximum atomic E-state index is 10.5. The topological polar surface area (TPSA) is 29.1 Å². The molecule has 0 aliphatic carbocycles. The first kappa shape index (κ1) is 9.95. The van der Waals surface area contributed by atoms with Gasteiger partial charge in [-0.05, 0) is 5.41 Å². The molecule has 0 aromatic rings. The highest BCUT2D eigenvalue weighted by atomic mass is 79.9. The molecule has 0 rings (SSSR count). The van der Waals surface area contributed by atoms with Crippen molar-refractivity contribution >= 4 is 21.8 Å². The number of halogens is 1. The molecule has 10 heavy (non-hydrogen) atoms. The molecule has 0 radical (unpaired) electrons. The van der Waals surface area contributed by atoms with Crippen LogP contribution in [0.4, 0.5) is 0 Å². The normalized spacial score (nSPS) is 11.2. The number of rotatable bonds is 3. The predicted molar refractivity (Wildman–Crippen MR) is 46.3 cm³/mol. The second kappa shape index (κ2) is 3.96. The molecule has 0 saturated carbocycles. The summed E-state index contributed by atoms with van der Waals surface area (Å²) in [6, 6.07) is 0. The van der Waals surface area contributed by atoms with Gasteiger partial charge in [0.25, 0.3) is 0 Å². The fourth-order valence-corrected chi connectivity index (χ4v) is 0.609. The van der Waals surface area contributed by atoms with E-state index in [2.05, 4.69) is 35.1 Å². The number of amides is 1. The summed E-state index contributed by atoms with van der Waals surface area (Å²) in [7, 11) is 0. The van der Waals surface area contributed by atoms with Crippen molar-refractivity contribution in [3.8, 4) is 0 Å². The maximum Gasteiger partial charge on any atom is 0.216 e. The minimum atomic E-state index is 0.0361. The van der Waals surface area contributed by atoms with Crippen molar-refractivity contribution in [1.82, 2.24) is 5.32 Å². The number of nitrogens with one attached hydrogen (secondary N) is 1. The Kier molecular flexibility index (Phi) is 3.94. The van der Waals surface area contributed by atoms with Crippen LogP contribution in [0.5, 0.6) is 0 Å². The van der Waals surface area contributed by atoms with Gasteiger partial charge in [0.05, 0.1) is 0 Å². The van der Waals surface area contributed by atoms with E-state index in [4.69, 9.17) is 0 Å². The lowest BCUT2D eigenvalue weighted by atomic mass is 9.97. The zero-order valence-electron chi connectivity index (χ0n) is 6.70. The zero-order valence-corrected chi connectivity index (χ0v) is 8.29. The van der Waals surface area contributed by atoms with Crippen molar-refractivity contribution in [1.29, 1.82) is 0 Å². The predicted octanol–water partition coefficient (Wildman–Crippen LogP) is 1.54. The first-order chi connectivity index (χ1) is 4.48. The summed E-state index contributed by atoms with van der Waals surface area (Å²) in [4.78, 5) is 10.5. The van der Waals surface area contributed by atoms with Crippen molar-refractivity contribution in [3.63, 3.8) is 0 Å². The van der Waals surface area contributed by atoms with Crippen molar-refractivity contribution < 1.29 is 4.79 Å². The number of hydrogen-bond acceptors (Lipinski definition) is 1. The lowest BCUT2D eigenvalue weighted by molar-refractivity contribution is -0.119. The largest absolute Gasteiger partial charge is 0.356 e. The van der Waals surface area contributed by atoms with Crippen LogP contribution in [0.1, 0.15) is 20.8 Å². The van der Waals surface area contributed by atoms with Gasteiger partial charge in [-0.3, -0.25) is 4.79 Å². The third kappa shape index (κ3) is 4.79. The van der Waals surface area contributed by atoms with Crippen LogP contribution in [0.2, 0.25) is 0 Å². The summed E-state index contributed by atoms with van der Waals surface area (Å²) in [6.07, 6.45) is 0. The van der Waals surface area contributed by atoms with Crippen molar-refractivity contribution in [2.24, 2.45) is 5.41 Å². The van der Waals surface area contributed by atoms with E-state index in [0.29, 0.717) is 0 Å². The van der Waals surface area contributed by atoms with Crippen LogP contribution >= 0.6 is 15.9 Å². The molecule has 0 atom stereocenters. The molecule has 0 bridgehead atoms. The van der Waals surface area contributed by atoms with Gasteiger partial charge in [0.15, 0.2) is 0 Å². The van der Waals surface area contributed by atoms with Crippen LogP contribution in [0.15, 0.2) is 0 Å². The number of carbonyl (C=O) groups is 1. The fourth-order valence-electron chi connectivity index (χ4n) is 0.411. The smallest absolute Gasteiger partial charge is 0.216 e. The van der Waals surface area contributed by atoms with Gasteiger partial charge in [0.1, 0.15) is 0 Å². The van der Waals surface area contributed by atoms with Gasteiger partial charge < -0.3 is 5.32 Å². The van der Waals surface area contributed by atoms with Gasteiger partial charge in [0.2, 0.25) is 5.91 Å². The lowest BCUT2D eigenvalue weighted by Gasteiger charge is -2.21. The Bertz CT molecular complexity index is 123. The lowest BCUT2D eigenvalue weighted by Crippen LogP contribution is -2.33. The number of alkyl halides is 1. The van der Waals surface area contributed by atoms with Crippen molar-refractivity contribution in [2.45, 2.75) is 20.8 Å². The van der Waals surface area contributed by atoms with E-state index in [0.717, 1.165) is 11.9 Å². The standard InChI is InChI=1S/C7H14BrNO/c1-6(10)9-5-7(2,3)4-8/h4-5H2,1-3H3,(H,9,10). The molecule has 0 unspecified atom stereocenters. The summed E-state index contributed by atoms with van der Waals surface area (Å²) >= 11 is 3.37. The highest BCUT2D eigenvalue weighted by Gasteiger charge is 2.15. The van der Waals surface area contributed by atoms with E-state index >= 15 is 0 Å². The Morgan fingerprint density at radius 2 is 2.10 bits per heavy atom. The molecule has 0 fully saturated rings. The van der Waals surface area contributed by atoms with E-state index in [1.165, 1.54) is 6.92 Å². The zero-order chi connectivity index (χ0) is 8.20. The van der Waals surface area contributed by atoms with E-state index < -0.39 is 0 Å². The average molecular weight is 208 g/mol. The Morgan fingerprint density at radius 3 is 2.40 bits per heavy atom. The number of hydrogen-bond donors (Lipinski definition) is 1. The summed E-state index contributed by atoms with van der Waals surface area (Å²) in [6.45, 7) is 6.45. The first-order valence-corrected chi connectivity index (χ1v) is 4.40. The molecule has 60 valence electrons. The fraction of sp³-hybridized carbons (Fsp3) is 0.857. The Hall–Kier alpha value is -0.0500. The van der Waals surface area contributed by atoms with Crippen LogP contribution in [0.25, 0.3) is 0 Å². The van der Waals surface area contributed by atoms with Crippen molar-refractivity contribution in [2.75, 3.05) is 11.9 Å². The summed E-state index contributed by atoms with van der Waals surface area (Å²) in [5, 5.41) is 3.67. The molecular formula is C7H14BrNO. The summed E-state index contributed by atoms with van der Waals surface area (Å²) in [5.41, 5.74) is 0.158. The molecule has 0 saturated heterocycles. The maximum absolute atomic E-state index is 10.5. The molecule has 0 aliphatic rings. The van der Waals surface area contributed by atoms with E-state index in [1.54, 1.807) is 0 Å². The molecule has 1 N–H and O–H groups in total. The molecule has 3 heteroatoms. The number of carbonyl (C=O) groups excluding carboxylic acids is 1. The van der Waals surface area contributed by atoms with Gasteiger partial charge in [-0.25, -0.2) is 0 Å². The molecule has 0 aromatic carbocycles. The molecular weight excluding hydrogens is 194 g/mol. The summed E-state index contributed by atoms with van der Waals surface area (Å²) < 4.78 is 0. The Balaban J connectivity index is 3.56. The van der Waals surface area contributed by atoms with Crippen molar-refractivity contribution in [3.05, 3.63) is 0 Å². The van der Waals surface area contributed by atoms with Gasteiger partial charge in [-0.15, -0.1) is 0 Å². The summed E-state index contributed by atoms with van der Waals surface area (Å²) in [5.74, 6) is 0.0361. The van der Waals surface area contributed by atoms with Crippen LogP contribution in [-0.2, 0) is 4.79 Å². The Morgan fingerprint density at radius 1 is 1.60 bits per heavy atom. The van der Waals surface area contributed by atoms with E-state index in [9.17, 15) is 4.79 Å². The minimum absolute atomic E-state index is 0.0361. The average Bonchev–Trinajstić information content (AvgIpc) is 1.85. The van der Waals surface area contributed by atoms with Crippen LogP contribution in [-0.4, -0.2) is 17.8 Å². The first-order valence-electron chi connectivity index (χ1n) is 3.28. The molecule has 2 nitrogen and oxygen atoms in total. The van der Waals surface area contributed by atoms with Crippen LogP contribution < -0.4 is 5.32 Å². The van der Waals surface area contributed by atoms with Crippen LogP contribution in [0, 0.1) is 5.41 Å². The van der Waals surface area contributed by atoms with Crippen LogP contribution in [0.3, 0.4) is 0 Å². The van der Waals surface area contributed by atoms with Gasteiger partial charge in [0, 0.05) is 18.8 Å². The van der Waals surface area contributed by atoms with Gasteiger partial charge in [-0.2, -0.15) is 0 Å². The molecule has 0 spiro atoms. The molecule has 0 heterocycles. The van der Waals surface area contributed by atoms with Gasteiger partial charge in [-0.1, -0.05) is 29.8 Å². The second-order valence-corrected chi connectivity index (χ2v) is 3.77. The molecule has 0 aromatic heterocycles. The molecule has 0 aliphatic heterocycles. The third-order valence-corrected chi connectivity index (χ3v) is 2.70. The Labute approximate surface area is 70.5 Å². The molecule has 1 amide bonds. The highest BCUT2D eigenvalue weighted by molar-refractivity contribution is 9.09. The second-order valence-electron chi connectivity index (χ2n) is 3.21. The van der Waals surface area contributed by atoms with Gasteiger partial charge >= 0.3 is 0 Å². The third-order valence-electron chi connectivity index (χ3n) is 1.18. The minimum Gasteiger partial charge on any atom is -0.356 e. The SMILES string of the molecule is CC(=O)NCC(C)(C)CBr. The highest BCUT2D eigenvalue weighted by Crippen LogP contribution is 2.15. The monoisotopic (exact) mass is 207 g/mol. The van der Waals surface area contributed by atoms with E-state index in [-0.39, 0.29) is 11.3 Å².